The number of anilines is 1. The normalized spacial score (nSPS) is 9.82. The molecule has 2 aromatic carbocycles. The molecule has 8 heteroatoms. The molecule has 2 rings (SSSR count). The molecule has 0 saturated heterocycles. The van der Waals surface area contributed by atoms with Gasteiger partial charge in [0.1, 0.15) is 0 Å². The zero-order valence-electron chi connectivity index (χ0n) is 11.3. The Hall–Kier alpha value is -3.42. The van der Waals surface area contributed by atoms with Gasteiger partial charge in [0, 0.05) is 23.4 Å². The first-order valence-corrected chi connectivity index (χ1v) is 6.18. The molecule has 0 unspecified atom stereocenters. The van der Waals surface area contributed by atoms with Crippen LogP contribution in [0.5, 0.6) is 0 Å². The predicted octanol–water partition coefficient (Wildman–Crippen LogP) is 1.25. The van der Waals surface area contributed by atoms with Crippen LogP contribution in [0.3, 0.4) is 0 Å². The fourth-order valence-corrected chi connectivity index (χ4v) is 1.70. The molecule has 0 spiro atoms. The maximum atomic E-state index is 11.9. The molecule has 0 heterocycles. The van der Waals surface area contributed by atoms with Crippen molar-refractivity contribution >= 4 is 23.2 Å². The molecule has 0 aromatic heterocycles. The first kappa shape index (κ1) is 15.0. The van der Waals surface area contributed by atoms with Gasteiger partial charge >= 0.3 is 0 Å². The number of nitro groups is 1. The summed E-state index contributed by atoms with van der Waals surface area (Å²) in [5, 5.41) is 10.7. The van der Waals surface area contributed by atoms with Crippen molar-refractivity contribution in [2.24, 2.45) is 0 Å². The largest absolute Gasteiger partial charge is 0.398 e. The van der Waals surface area contributed by atoms with Crippen LogP contribution >= 0.6 is 0 Å². The van der Waals surface area contributed by atoms with E-state index in [0.29, 0.717) is 5.56 Å². The van der Waals surface area contributed by atoms with Crippen molar-refractivity contribution in [2.75, 3.05) is 5.73 Å². The number of hydrazine groups is 1. The summed E-state index contributed by atoms with van der Waals surface area (Å²) in [7, 11) is 0. The minimum absolute atomic E-state index is 0.0667. The number of nitrogen functional groups attached to an aromatic ring is 1. The number of nitrogens with one attached hydrogen (secondary N) is 2. The van der Waals surface area contributed by atoms with Crippen LogP contribution in [0, 0.1) is 10.1 Å². The average molecular weight is 300 g/mol. The summed E-state index contributed by atoms with van der Waals surface area (Å²) >= 11 is 0. The first-order chi connectivity index (χ1) is 10.5. The smallest absolute Gasteiger partial charge is 0.272 e. The van der Waals surface area contributed by atoms with Crippen molar-refractivity contribution in [3.63, 3.8) is 0 Å². The molecule has 2 aromatic rings. The number of nitrogens with zero attached hydrogens (tertiary/aromatic N) is 1. The van der Waals surface area contributed by atoms with Crippen LogP contribution in [0.4, 0.5) is 11.4 Å². The van der Waals surface area contributed by atoms with E-state index < -0.39 is 16.7 Å². The molecule has 0 aliphatic carbocycles. The quantitative estimate of drug-likeness (QED) is 0.446. The Morgan fingerprint density at radius 1 is 1.00 bits per heavy atom. The highest BCUT2D eigenvalue weighted by atomic mass is 16.6. The van der Waals surface area contributed by atoms with Crippen LogP contribution in [-0.4, -0.2) is 16.7 Å². The Balaban J connectivity index is 2.08. The van der Waals surface area contributed by atoms with Gasteiger partial charge in [-0.25, -0.2) is 0 Å². The monoisotopic (exact) mass is 300 g/mol. The molecular weight excluding hydrogens is 288 g/mol. The minimum Gasteiger partial charge on any atom is -0.398 e. The fraction of sp³-hybridized carbons (Fsp3) is 0. The van der Waals surface area contributed by atoms with Gasteiger partial charge in [0.25, 0.3) is 17.5 Å². The molecule has 112 valence electrons. The molecule has 0 fully saturated rings. The fourth-order valence-electron chi connectivity index (χ4n) is 1.70. The molecule has 22 heavy (non-hydrogen) atoms. The highest BCUT2D eigenvalue weighted by Gasteiger charge is 2.16. The first-order valence-electron chi connectivity index (χ1n) is 6.18. The van der Waals surface area contributed by atoms with E-state index >= 15 is 0 Å². The van der Waals surface area contributed by atoms with Gasteiger partial charge in [0.15, 0.2) is 0 Å². The second-order valence-electron chi connectivity index (χ2n) is 4.30. The number of carbonyl (C=O) groups is 2. The SMILES string of the molecule is Nc1ccc([N+](=O)[O-])cc1C(=O)NNC(=O)c1ccccc1. The van der Waals surface area contributed by atoms with Gasteiger partial charge in [0.05, 0.1) is 10.5 Å². The van der Waals surface area contributed by atoms with Gasteiger partial charge in [-0.2, -0.15) is 0 Å². The third-order valence-corrected chi connectivity index (χ3v) is 2.82. The Morgan fingerprint density at radius 3 is 2.27 bits per heavy atom. The van der Waals surface area contributed by atoms with Gasteiger partial charge in [-0.1, -0.05) is 18.2 Å². The van der Waals surface area contributed by atoms with Crippen molar-refractivity contribution in [1.29, 1.82) is 0 Å². The number of hydrogen-bond acceptors (Lipinski definition) is 5. The van der Waals surface area contributed by atoms with E-state index in [1.807, 2.05) is 0 Å². The van der Waals surface area contributed by atoms with E-state index in [0.717, 1.165) is 6.07 Å². The third-order valence-electron chi connectivity index (χ3n) is 2.82. The number of nitrogens with two attached hydrogens (primary N) is 1. The Morgan fingerprint density at radius 2 is 1.64 bits per heavy atom. The average Bonchev–Trinajstić information content (AvgIpc) is 2.53. The van der Waals surface area contributed by atoms with Crippen molar-refractivity contribution in [2.45, 2.75) is 0 Å². The lowest BCUT2D eigenvalue weighted by Crippen LogP contribution is -2.41. The van der Waals surface area contributed by atoms with Crippen LogP contribution in [-0.2, 0) is 0 Å². The maximum absolute atomic E-state index is 11.9. The standard InChI is InChI=1S/C14H12N4O4/c15-12-7-6-10(18(21)22)8-11(12)14(20)17-16-13(19)9-4-2-1-3-5-9/h1-8H,15H2,(H,16,19)(H,17,20). The van der Waals surface area contributed by atoms with E-state index in [4.69, 9.17) is 5.73 Å². The van der Waals surface area contributed by atoms with E-state index in [1.165, 1.54) is 12.1 Å². The number of amides is 2. The van der Waals surface area contributed by atoms with Crippen molar-refractivity contribution in [1.82, 2.24) is 10.9 Å². The second-order valence-corrected chi connectivity index (χ2v) is 4.30. The molecule has 4 N–H and O–H groups in total. The molecule has 0 saturated carbocycles. The second kappa shape index (κ2) is 6.35. The molecule has 0 aliphatic heterocycles. The van der Waals surface area contributed by atoms with E-state index in [9.17, 15) is 19.7 Å². The van der Waals surface area contributed by atoms with Gasteiger partial charge in [0.2, 0.25) is 0 Å². The van der Waals surface area contributed by atoms with Crippen LogP contribution in [0.15, 0.2) is 48.5 Å². The van der Waals surface area contributed by atoms with E-state index in [2.05, 4.69) is 10.9 Å². The lowest BCUT2D eigenvalue weighted by atomic mass is 10.1. The lowest BCUT2D eigenvalue weighted by molar-refractivity contribution is -0.384. The summed E-state index contributed by atoms with van der Waals surface area (Å²) in [6.45, 7) is 0. The number of non-ortho nitro benzene ring substituents is 1. The summed E-state index contributed by atoms with van der Waals surface area (Å²) in [5.74, 6) is -1.26. The summed E-state index contributed by atoms with van der Waals surface area (Å²) < 4.78 is 0. The molecule has 8 nitrogen and oxygen atoms in total. The van der Waals surface area contributed by atoms with Gasteiger partial charge < -0.3 is 5.73 Å². The van der Waals surface area contributed by atoms with Crippen molar-refractivity contribution in [3.05, 3.63) is 69.8 Å². The lowest BCUT2D eigenvalue weighted by Gasteiger charge is -2.09. The molecule has 0 bridgehead atoms. The van der Waals surface area contributed by atoms with Crippen LogP contribution < -0.4 is 16.6 Å². The number of nitro benzene ring substituents is 1. The van der Waals surface area contributed by atoms with Crippen molar-refractivity contribution in [3.8, 4) is 0 Å². The predicted molar refractivity (Wildman–Crippen MR) is 78.9 cm³/mol. The van der Waals surface area contributed by atoms with Crippen LogP contribution in [0.25, 0.3) is 0 Å². The molecule has 0 radical (unpaired) electrons. The summed E-state index contributed by atoms with van der Waals surface area (Å²) in [5.41, 5.74) is 10.0. The molecule has 0 atom stereocenters. The minimum atomic E-state index is -0.745. The molecule has 0 aliphatic rings. The Labute approximate surface area is 125 Å². The van der Waals surface area contributed by atoms with E-state index in [1.54, 1.807) is 30.3 Å². The topological polar surface area (TPSA) is 127 Å². The number of carbonyl (C=O) groups excluding carboxylic acids is 2. The zero-order chi connectivity index (χ0) is 16.1. The van der Waals surface area contributed by atoms with Gasteiger partial charge in [-0.3, -0.25) is 30.6 Å². The summed E-state index contributed by atoms with van der Waals surface area (Å²) in [6, 6.07) is 11.7. The van der Waals surface area contributed by atoms with Crippen LogP contribution in [0.2, 0.25) is 0 Å². The van der Waals surface area contributed by atoms with Crippen LogP contribution in [0.1, 0.15) is 20.7 Å². The number of benzene rings is 2. The zero-order valence-corrected chi connectivity index (χ0v) is 11.3. The third kappa shape index (κ3) is 3.37. The molecular formula is C14H12N4O4. The summed E-state index contributed by atoms with van der Waals surface area (Å²) in [4.78, 5) is 33.8. The molecule has 2 amide bonds. The number of hydrogen-bond donors (Lipinski definition) is 3. The highest BCUT2D eigenvalue weighted by molar-refractivity contribution is 6.02. The Kier molecular flexibility index (Phi) is 4.33. The summed E-state index contributed by atoms with van der Waals surface area (Å²) in [6.07, 6.45) is 0. The number of rotatable bonds is 3. The van der Waals surface area contributed by atoms with Gasteiger partial charge in [-0.05, 0) is 18.2 Å². The van der Waals surface area contributed by atoms with E-state index in [-0.39, 0.29) is 16.9 Å². The van der Waals surface area contributed by atoms with Crippen molar-refractivity contribution < 1.29 is 14.5 Å². The Bertz CT molecular complexity index is 731. The van der Waals surface area contributed by atoms with Gasteiger partial charge in [-0.15, -0.1) is 0 Å². The highest BCUT2D eigenvalue weighted by Crippen LogP contribution is 2.19. The maximum Gasteiger partial charge on any atom is 0.272 e.